The molecule has 0 heterocycles. The standard InChI is InChI=1S/C8H17NO3/c1-6(7(2)11-3)9-5-8(10)12-4/h6-7,9H,5H2,1-4H3. The van der Waals surface area contributed by atoms with E-state index in [4.69, 9.17) is 4.74 Å². The Labute approximate surface area is 73.2 Å². The van der Waals surface area contributed by atoms with Crippen molar-refractivity contribution in [2.45, 2.75) is 26.0 Å². The highest BCUT2D eigenvalue weighted by Crippen LogP contribution is 1.94. The minimum atomic E-state index is -0.259. The molecule has 1 N–H and O–H groups in total. The molecule has 4 nitrogen and oxygen atoms in total. The zero-order valence-corrected chi connectivity index (χ0v) is 8.09. The Morgan fingerprint density at radius 3 is 2.42 bits per heavy atom. The van der Waals surface area contributed by atoms with E-state index >= 15 is 0 Å². The van der Waals surface area contributed by atoms with Gasteiger partial charge in [-0.25, -0.2) is 0 Å². The highest BCUT2D eigenvalue weighted by molar-refractivity contribution is 5.71. The summed E-state index contributed by atoms with van der Waals surface area (Å²) in [7, 11) is 3.01. The summed E-state index contributed by atoms with van der Waals surface area (Å²) < 4.78 is 9.53. The molecular formula is C8H17NO3. The molecule has 0 radical (unpaired) electrons. The fraction of sp³-hybridized carbons (Fsp3) is 0.875. The summed E-state index contributed by atoms with van der Waals surface area (Å²) in [4.78, 5) is 10.7. The second kappa shape index (κ2) is 5.97. The van der Waals surface area contributed by atoms with Gasteiger partial charge in [-0.1, -0.05) is 0 Å². The molecule has 2 atom stereocenters. The van der Waals surface area contributed by atoms with Crippen LogP contribution < -0.4 is 5.32 Å². The SMILES string of the molecule is COC(=O)CNC(C)C(C)OC. The first kappa shape index (κ1) is 11.4. The van der Waals surface area contributed by atoms with Crippen LogP contribution in [0.15, 0.2) is 0 Å². The van der Waals surface area contributed by atoms with E-state index in [0.29, 0.717) is 0 Å². The Bertz CT molecular complexity index is 138. The van der Waals surface area contributed by atoms with Crippen molar-refractivity contribution in [3.05, 3.63) is 0 Å². The van der Waals surface area contributed by atoms with Crippen LogP contribution in [0.25, 0.3) is 0 Å². The maximum Gasteiger partial charge on any atom is 0.319 e. The molecule has 0 bridgehead atoms. The van der Waals surface area contributed by atoms with Crippen LogP contribution in [-0.2, 0) is 14.3 Å². The second-order valence-electron chi connectivity index (χ2n) is 2.69. The molecule has 0 aliphatic rings. The lowest BCUT2D eigenvalue weighted by Crippen LogP contribution is -2.39. The highest BCUT2D eigenvalue weighted by atomic mass is 16.5. The van der Waals surface area contributed by atoms with Crippen LogP contribution in [0.1, 0.15) is 13.8 Å². The largest absolute Gasteiger partial charge is 0.468 e. The maximum absolute atomic E-state index is 10.7. The average Bonchev–Trinajstić information content (AvgIpc) is 2.11. The molecule has 0 aromatic carbocycles. The van der Waals surface area contributed by atoms with E-state index in [1.165, 1.54) is 7.11 Å². The summed E-state index contributed by atoms with van der Waals surface area (Å²) in [6, 6.07) is 0.147. The van der Waals surface area contributed by atoms with Crippen LogP contribution >= 0.6 is 0 Å². The Balaban J connectivity index is 3.56. The summed E-state index contributed by atoms with van der Waals surface area (Å²) in [5.74, 6) is -0.259. The van der Waals surface area contributed by atoms with Crippen molar-refractivity contribution in [3.8, 4) is 0 Å². The van der Waals surface area contributed by atoms with E-state index in [-0.39, 0.29) is 24.7 Å². The second-order valence-corrected chi connectivity index (χ2v) is 2.69. The summed E-state index contributed by atoms with van der Waals surface area (Å²) in [6.45, 7) is 4.12. The Morgan fingerprint density at radius 1 is 1.42 bits per heavy atom. The molecule has 0 spiro atoms. The van der Waals surface area contributed by atoms with Crippen molar-refractivity contribution < 1.29 is 14.3 Å². The van der Waals surface area contributed by atoms with Gasteiger partial charge in [-0.3, -0.25) is 4.79 Å². The number of hydrogen-bond donors (Lipinski definition) is 1. The number of esters is 1. The molecule has 0 aliphatic carbocycles. The molecule has 12 heavy (non-hydrogen) atoms. The van der Waals surface area contributed by atoms with Crippen molar-refractivity contribution in [3.63, 3.8) is 0 Å². The van der Waals surface area contributed by atoms with Gasteiger partial charge in [-0.2, -0.15) is 0 Å². The molecule has 0 amide bonds. The zero-order valence-electron chi connectivity index (χ0n) is 8.09. The Kier molecular flexibility index (Phi) is 5.66. The van der Waals surface area contributed by atoms with Crippen molar-refractivity contribution in [1.29, 1.82) is 0 Å². The van der Waals surface area contributed by atoms with Crippen LogP contribution in [0.5, 0.6) is 0 Å². The topological polar surface area (TPSA) is 47.6 Å². The van der Waals surface area contributed by atoms with Gasteiger partial charge in [0.1, 0.15) is 0 Å². The summed E-state index contributed by atoms with van der Waals surface area (Å²) in [5.41, 5.74) is 0. The quantitative estimate of drug-likeness (QED) is 0.605. The maximum atomic E-state index is 10.7. The van der Waals surface area contributed by atoms with Gasteiger partial charge in [-0.05, 0) is 13.8 Å². The molecule has 0 aromatic rings. The van der Waals surface area contributed by atoms with E-state index in [2.05, 4.69) is 10.1 Å². The monoisotopic (exact) mass is 175 g/mol. The fourth-order valence-electron chi connectivity index (χ4n) is 0.687. The van der Waals surface area contributed by atoms with Gasteiger partial charge in [0, 0.05) is 13.2 Å². The lowest BCUT2D eigenvalue weighted by atomic mass is 10.2. The Morgan fingerprint density at radius 2 is 2.00 bits per heavy atom. The van der Waals surface area contributed by atoms with Gasteiger partial charge < -0.3 is 14.8 Å². The van der Waals surface area contributed by atoms with Gasteiger partial charge in [0.15, 0.2) is 0 Å². The molecule has 4 heteroatoms. The summed E-state index contributed by atoms with van der Waals surface area (Å²) in [6.07, 6.45) is 0.0923. The van der Waals surface area contributed by atoms with E-state index in [9.17, 15) is 4.79 Å². The smallest absolute Gasteiger partial charge is 0.319 e. The molecule has 0 fully saturated rings. The normalized spacial score (nSPS) is 15.3. The molecule has 0 saturated heterocycles. The van der Waals surface area contributed by atoms with Crippen molar-refractivity contribution >= 4 is 5.97 Å². The van der Waals surface area contributed by atoms with Crippen LogP contribution in [0.4, 0.5) is 0 Å². The van der Waals surface area contributed by atoms with Gasteiger partial charge in [0.05, 0.1) is 19.8 Å². The molecule has 0 aromatic heterocycles. The van der Waals surface area contributed by atoms with E-state index in [1.807, 2.05) is 13.8 Å². The number of rotatable bonds is 5. The Hall–Kier alpha value is -0.610. The van der Waals surface area contributed by atoms with Gasteiger partial charge in [0.2, 0.25) is 0 Å². The van der Waals surface area contributed by atoms with Gasteiger partial charge >= 0.3 is 5.97 Å². The van der Waals surface area contributed by atoms with Crippen molar-refractivity contribution in [1.82, 2.24) is 5.32 Å². The molecule has 0 rings (SSSR count). The molecular weight excluding hydrogens is 158 g/mol. The first-order valence-corrected chi connectivity index (χ1v) is 3.94. The average molecular weight is 175 g/mol. The van der Waals surface area contributed by atoms with Crippen LogP contribution in [-0.4, -0.2) is 38.9 Å². The number of methoxy groups -OCH3 is 2. The number of ether oxygens (including phenoxy) is 2. The van der Waals surface area contributed by atoms with Crippen molar-refractivity contribution in [2.24, 2.45) is 0 Å². The van der Waals surface area contributed by atoms with Crippen molar-refractivity contribution in [2.75, 3.05) is 20.8 Å². The molecule has 0 aliphatic heterocycles. The predicted molar refractivity (Wildman–Crippen MR) is 46.0 cm³/mol. The lowest BCUT2D eigenvalue weighted by molar-refractivity contribution is -0.139. The molecule has 2 unspecified atom stereocenters. The van der Waals surface area contributed by atoms with Crippen LogP contribution in [0.3, 0.4) is 0 Å². The molecule has 0 saturated carbocycles. The number of carbonyl (C=O) groups excluding carboxylic acids is 1. The zero-order chi connectivity index (χ0) is 9.56. The fourth-order valence-corrected chi connectivity index (χ4v) is 0.687. The summed E-state index contributed by atoms with van der Waals surface area (Å²) >= 11 is 0. The third-order valence-electron chi connectivity index (χ3n) is 1.87. The lowest BCUT2D eigenvalue weighted by Gasteiger charge is -2.18. The third kappa shape index (κ3) is 4.31. The minimum Gasteiger partial charge on any atom is -0.468 e. The predicted octanol–water partition coefficient (Wildman–Crippen LogP) is 0.172. The number of nitrogens with one attached hydrogen (secondary N) is 1. The van der Waals surface area contributed by atoms with E-state index in [1.54, 1.807) is 7.11 Å². The first-order chi connectivity index (χ1) is 5.61. The first-order valence-electron chi connectivity index (χ1n) is 3.94. The van der Waals surface area contributed by atoms with E-state index < -0.39 is 0 Å². The van der Waals surface area contributed by atoms with Gasteiger partial charge in [-0.15, -0.1) is 0 Å². The number of hydrogen-bond acceptors (Lipinski definition) is 4. The molecule has 72 valence electrons. The summed E-state index contributed by atoms with van der Waals surface area (Å²) in [5, 5.41) is 2.98. The van der Waals surface area contributed by atoms with Crippen LogP contribution in [0, 0.1) is 0 Å². The van der Waals surface area contributed by atoms with Gasteiger partial charge in [0.25, 0.3) is 0 Å². The minimum absolute atomic E-state index is 0.0923. The number of carbonyl (C=O) groups is 1. The third-order valence-corrected chi connectivity index (χ3v) is 1.87. The van der Waals surface area contributed by atoms with Crippen LogP contribution in [0.2, 0.25) is 0 Å². The highest BCUT2D eigenvalue weighted by Gasteiger charge is 2.11. The van der Waals surface area contributed by atoms with E-state index in [0.717, 1.165) is 0 Å².